The number of carbonyl (C=O) groups excluding carboxylic acids is 1. The number of pyridine rings is 1. The minimum absolute atomic E-state index is 0.161. The summed E-state index contributed by atoms with van der Waals surface area (Å²) in [6.07, 6.45) is -0.895. The maximum atomic E-state index is 12.7. The summed E-state index contributed by atoms with van der Waals surface area (Å²) in [6.45, 7) is -1.23. The molecule has 0 radical (unpaired) electrons. The highest BCUT2D eigenvalue weighted by atomic mass is 19.4. The molecule has 1 saturated carbocycles. The van der Waals surface area contributed by atoms with Crippen LogP contribution in [0, 0.1) is 0 Å². The summed E-state index contributed by atoms with van der Waals surface area (Å²) in [6, 6.07) is 2.48. The van der Waals surface area contributed by atoms with Crippen LogP contribution in [0.2, 0.25) is 0 Å². The smallest absolute Gasteiger partial charge is 0.327 e. The molecule has 1 amide bonds. The zero-order valence-electron chi connectivity index (χ0n) is 10.9. The molecule has 0 bridgehead atoms. The molecule has 1 fully saturated rings. The number of aromatic nitrogens is 4. The topological polar surface area (TPSA) is 63.4 Å². The molecule has 6 nitrogen and oxygen atoms in total. The van der Waals surface area contributed by atoms with Crippen LogP contribution < -0.4 is 0 Å². The molecular formula is C12H12F3N5O. The van der Waals surface area contributed by atoms with Crippen molar-refractivity contribution in [2.24, 2.45) is 0 Å². The van der Waals surface area contributed by atoms with E-state index < -0.39 is 18.6 Å². The summed E-state index contributed by atoms with van der Waals surface area (Å²) >= 11 is 0. The Kier molecular flexibility index (Phi) is 3.26. The lowest BCUT2D eigenvalue weighted by Gasteiger charge is -2.38. The fourth-order valence-corrected chi connectivity index (χ4v) is 2.30. The van der Waals surface area contributed by atoms with Gasteiger partial charge in [0.1, 0.15) is 6.54 Å². The van der Waals surface area contributed by atoms with E-state index >= 15 is 0 Å². The second-order valence-corrected chi connectivity index (χ2v) is 5.03. The van der Waals surface area contributed by atoms with Gasteiger partial charge < -0.3 is 4.90 Å². The number of amides is 1. The van der Waals surface area contributed by atoms with Gasteiger partial charge in [-0.3, -0.25) is 4.79 Å². The van der Waals surface area contributed by atoms with Gasteiger partial charge in [-0.05, 0) is 41.8 Å². The van der Waals surface area contributed by atoms with E-state index in [9.17, 15) is 18.0 Å². The molecule has 1 aliphatic carbocycles. The van der Waals surface area contributed by atoms with Gasteiger partial charge in [0.2, 0.25) is 0 Å². The van der Waals surface area contributed by atoms with Gasteiger partial charge in [0, 0.05) is 17.8 Å². The Bertz CT molecular complexity index is 664. The third-order valence-electron chi connectivity index (χ3n) is 3.57. The number of hydrogen-bond donors (Lipinski definition) is 0. The average molecular weight is 299 g/mol. The van der Waals surface area contributed by atoms with Crippen molar-refractivity contribution in [3.05, 3.63) is 23.9 Å². The van der Waals surface area contributed by atoms with E-state index in [1.54, 1.807) is 0 Å². The first-order chi connectivity index (χ1) is 9.94. The number of rotatable bonds is 3. The molecule has 2 aromatic heterocycles. The maximum Gasteiger partial charge on any atom is 0.406 e. The molecule has 112 valence electrons. The molecule has 0 saturated heterocycles. The standard InChI is InChI=1S/C12H12F3N5O/c13-12(14,15)7-19(9-2-1-3-9)11(21)8-4-5-20-10(6-8)16-17-18-20/h4-6,9H,1-3,7H2. The maximum absolute atomic E-state index is 12.7. The number of hydrogen-bond acceptors (Lipinski definition) is 4. The van der Waals surface area contributed by atoms with Crippen molar-refractivity contribution in [3.8, 4) is 0 Å². The van der Waals surface area contributed by atoms with Crippen molar-refractivity contribution in [1.82, 2.24) is 24.9 Å². The van der Waals surface area contributed by atoms with E-state index in [0.29, 0.717) is 18.5 Å². The molecule has 0 aromatic carbocycles. The lowest BCUT2D eigenvalue weighted by Crippen LogP contribution is -2.48. The molecular weight excluding hydrogens is 287 g/mol. The molecule has 0 unspecified atom stereocenters. The summed E-state index contributed by atoms with van der Waals surface area (Å²) in [5.41, 5.74) is 0.481. The van der Waals surface area contributed by atoms with Crippen molar-refractivity contribution < 1.29 is 18.0 Å². The van der Waals surface area contributed by atoms with Crippen molar-refractivity contribution in [1.29, 1.82) is 0 Å². The van der Waals surface area contributed by atoms with Crippen molar-refractivity contribution >= 4 is 11.6 Å². The Balaban J connectivity index is 1.88. The molecule has 0 atom stereocenters. The molecule has 0 N–H and O–H groups in total. The van der Waals surface area contributed by atoms with Crippen LogP contribution in [0.3, 0.4) is 0 Å². The second-order valence-electron chi connectivity index (χ2n) is 5.03. The highest BCUT2D eigenvalue weighted by Crippen LogP contribution is 2.29. The lowest BCUT2D eigenvalue weighted by atomic mass is 9.91. The van der Waals surface area contributed by atoms with E-state index in [1.165, 1.54) is 22.8 Å². The third-order valence-corrected chi connectivity index (χ3v) is 3.57. The Morgan fingerprint density at radius 3 is 2.81 bits per heavy atom. The Hall–Kier alpha value is -2.19. The first-order valence-electron chi connectivity index (χ1n) is 6.49. The zero-order valence-corrected chi connectivity index (χ0v) is 10.9. The number of fused-ring (bicyclic) bond motifs is 1. The number of nitrogens with zero attached hydrogens (tertiary/aromatic N) is 5. The van der Waals surface area contributed by atoms with Gasteiger partial charge in [0.05, 0.1) is 0 Å². The number of alkyl halides is 3. The van der Waals surface area contributed by atoms with E-state index in [2.05, 4.69) is 15.5 Å². The zero-order chi connectivity index (χ0) is 15.0. The Morgan fingerprint density at radius 2 is 2.19 bits per heavy atom. The van der Waals surface area contributed by atoms with Crippen LogP contribution in [-0.4, -0.2) is 49.6 Å². The largest absolute Gasteiger partial charge is 0.406 e. The minimum Gasteiger partial charge on any atom is -0.327 e. The molecule has 0 spiro atoms. The van der Waals surface area contributed by atoms with Gasteiger partial charge in [-0.15, -0.1) is 5.10 Å². The summed E-state index contributed by atoms with van der Waals surface area (Å²) in [7, 11) is 0. The summed E-state index contributed by atoms with van der Waals surface area (Å²) in [5.74, 6) is -0.637. The van der Waals surface area contributed by atoms with Crippen molar-refractivity contribution in [2.45, 2.75) is 31.5 Å². The SMILES string of the molecule is O=C(c1ccn2nnnc2c1)N(CC(F)(F)F)C1CCC1. The fourth-order valence-electron chi connectivity index (χ4n) is 2.30. The van der Waals surface area contributed by atoms with Crippen molar-refractivity contribution in [3.63, 3.8) is 0 Å². The van der Waals surface area contributed by atoms with E-state index in [-0.39, 0.29) is 11.6 Å². The summed E-state index contributed by atoms with van der Waals surface area (Å²) in [5, 5.41) is 10.7. The molecule has 1 aliphatic rings. The first-order valence-corrected chi connectivity index (χ1v) is 6.49. The molecule has 2 heterocycles. The van der Waals surface area contributed by atoms with Crippen LogP contribution in [0.15, 0.2) is 18.3 Å². The van der Waals surface area contributed by atoms with E-state index in [4.69, 9.17) is 0 Å². The van der Waals surface area contributed by atoms with Gasteiger partial charge in [-0.2, -0.15) is 13.2 Å². The predicted molar refractivity (Wildman–Crippen MR) is 65.5 cm³/mol. The second kappa shape index (κ2) is 4.97. The highest BCUT2D eigenvalue weighted by Gasteiger charge is 2.38. The van der Waals surface area contributed by atoms with Crippen LogP contribution in [0.25, 0.3) is 5.65 Å². The van der Waals surface area contributed by atoms with Crippen LogP contribution in [0.5, 0.6) is 0 Å². The van der Waals surface area contributed by atoms with Crippen molar-refractivity contribution in [2.75, 3.05) is 6.54 Å². The van der Waals surface area contributed by atoms with Crippen LogP contribution in [-0.2, 0) is 0 Å². The van der Waals surface area contributed by atoms with Gasteiger partial charge in [-0.1, -0.05) is 0 Å². The number of halogens is 3. The van der Waals surface area contributed by atoms with Crippen LogP contribution in [0.1, 0.15) is 29.6 Å². The predicted octanol–water partition coefficient (Wildman–Crippen LogP) is 1.68. The monoisotopic (exact) mass is 299 g/mol. The molecule has 0 aliphatic heterocycles. The molecule has 3 rings (SSSR count). The van der Waals surface area contributed by atoms with Gasteiger partial charge in [-0.25, -0.2) is 4.52 Å². The third kappa shape index (κ3) is 2.81. The van der Waals surface area contributed by atoms with Gasteiger partial charge in [0.25, 0.3) is 5.91 Å². The van der Waals surface area contributed by atoms with Gasteiger partial charge in [0.15, 0.2) is 5.65 Å². The average Bonchev–Trinajstić information content (AvgIpc) is 2.80. The van der Waals surface area contributed by atoms with Crippen LogP contribution >= 0.6 is 0 Å². The minimum atomic E-state index is -4.41. The number of carbonyl (C=O) groups is 1. The molecule has 2 aromatic rings. The fraction of sp³-hybridized carbons (Fsp3) is 0.500. The summed E-state index contributed by atoms with van der Waals surface area (Å²) in [4.78, 5) is 13.3. The Labute approximate surface area is 117 Å². The molecule has 9 heteroatoms. The van der Waals surface area contributed by atoms with Gasteiger partial charge >= 0.3 is 6.18 Å². The molecule has 21 heavy (non-hydrogen) atoms. The lowest BCUT2D eigenvalue weighted by molar-refractivity contribution is -0.147. The normalized spacial score (nSPS) is 16.0. The van der Waals surface area contributed by atoms with E-state index in [1.807, 2.05) is 0 Å². The van der Waals surface area contributed by atoms with Crippen LogP contribution in [0.4, 0.5) is 13.2 Å². The quantitative estimate of drug-likeness (QED) is 0.865. The number of tetrazole rings is 1. The summed E-state index contributed by atoms with van der Waals surface area (Å²) < 4.78 is 39.4. The first kappa shape index (κ1) is 13.8. The highest BCUT2D eigenvalue weighted by molar-refractivity contribution is 5.95. The van der Waals surface area contributed by atoms with E-state index in [0.717, 1.165) is 11.3 Å². The Morgan fingerprint density at radius 1 is 1.43 bits per heavy atom.